The van der Waals surface area contributed by atoms with E-state index in [0.29, 0.717) is 6.54 Å². The highest BCUT2D eigenvalue weighted by molar-refractivity contribution is 7.13. The summed E-state index contributed by atoms with van der Waals surface area (Å²) in [7, 11) is 3.97. The second kappa shape index (κ2) is 8.03. The molecule has 0 aliphatic heterocycles. The average Bonchev–Trinajstić information content (AvgIpc) is 3.26. The lowest BCUT2D eigenvalue weighted by molar-refractivity contribution is 0.607. The molecule has 1 saturated carbocycles. The zero-order chi connectivity index (χ0) is 18.6. The first kappa shape index (κ1) is 18.6. The summed E-state index contributed by atoms with van der Waals surface area (Å²) in [5.41, 5.74) is 2.05. The van der Waals surface area contributed by atoms with Crippen molar-refractivity contribution in [2.24, 2.45) is 4.99 Å². The topological polar surface area (TPSA) is 52.6 Å². The van der Waals surface area contributed by atoms with Crippen LogP contribution in [0, 0.1) is 5.82 Å². The first-order valence-corrected chi connectivity index (χ1v) is 9.80. The molecule has 0 atom stereocenters. The molecule has 7 heteroatoms. The minimum Gasteiger partial charge on any atom is -0.357 e. The quantitative estimate of drug-likeness (QED) is 0.577. The number of hydrogen-bond acceptors (Lipinski definition) is 4. The molecule has 0 unspecified atom stereocenters. The maximum atomic E-state index is 13.5. The van der Waals surface area contributed by atoms with Gasteiger partial charge in [-0.05, 0) is 37.5 Å². The van der Waals surface area contributed by atoms with Crippen LogP contribution in [0.1, 0.15) is 31.0 Å². The van der Waals surface area contributed by atoms with Crippen molar-refractivity contribution < 1.29 is 4.39 Å². The molecule has 5 nitrogen and oxygen atoms in total. The van der Waals surface area contributed by atoms with Crippen LogP contribution in [-0.2, 0) is 12.0 Å². The zero-order valence-electron chi connectivity index (χ0n) is 15.6. The number of rotatable bonds is 7. The number of nitrogens with one attached hydrogen (secondary N) is 2. The fraction of sp³-hybridized carbons (Fsp3) is 0.474. The highest BCUT2D eigenvalue weighted by Crippen LogP contribution is 2.47. The molecular formula is C19H26FN5S. The molecule has 1 aromatic heterocycles. The highest BCUT2D eigenvalue weighted by atomic mass is 32.1. The second-order valence-corrected chi connectivity index (χ2v) is 7.69. The van der Waals surface area contributed by atoms with Gasteiger partial charge in [-0.1, -0.05) is 12.1 Å². The summed E-state index contributed by atoms with van der Waals surface area (Å²) < 4.78 is 13.5. The third-order valence-electron chi connectivity index (χ3n) is 4.55. The van der Waals surface area contributed by atoms with Crippen molar-refractivity contribution in [3.05, 3.63) is 46.7 Å². The van der Waals surface area contributed by atoms with Crippen molar-refractivity contribution in [2.45, 2.75) is 31.7 Å². The van der Waals surface area contributed by atoms with Crippen LogP contribution in [0.25, 0.3) is 0 Å². The molecule has 1 fully saturated rings. The van der Waals surface area contributed by atoms with Crippen LogP contribution in [0.3, 0.4) is 0 Å². The van der Waals surface area contributed by atoms with Crippen LogP contribution in [-0.4, -0.2) is 38.1 Å². The highest BCUT2D eigenvalue weighted by Gasteiger charge is 2.44. The Morgan fingerprint density at radius 1 is 1.35 bits per heavy atom. The average molecular weight is 376 g/mol. The van der Waals surface area contributed by atoms with E-state index in [0.717, 1.165) is 48.3 Å². The molecule has 1 aromatic carbocycles. The Bertz CT molecular complexity index is 767. The van der Waals surface area contributed by atoms with Crippen molar-refractivity contribution in [3.63, 3.8) is 0 Å². The van der Waals surface area contributed by atoms with Crippen molar-refractivity contribution in [1.29, 1.82) is 0 Å². The fourth-order valence-corrected chi connectivity index (χ4v) is 3.62. The third kappa shape index (κ3) is 4.52. The van der Waals surface area contributed by atoms with Gasteiger partial charge in [0.15, 0.2) is 11.1 Å². The first-order valence-electron chi connectivity index (χ1n) is 8.92. The normalized spacial score (nSPS) is 15.6. The number of aromatic nitrogens is 1. The van der Waals surface area contributed by atoms with E-state index in [1.54, 1.807) is 23.5 Å². The summed E-state index contributed by atoms with van der Waals surface area (Å²) in [6, 6.07) is 6.94. The van der Waals surface area contributed by atoms with E-state index in [1.165, 1.54) is 6.07 Å². The largest absolute Gasteiger partial charge is 0.357 e. The van der Waals surface area contributed by atoms with Crippen LogP contribution in [0.2, 0.25) is 0 Å². The number of aliphatic imine (C=N–C) groups is 1. The Kier molecular flexibility index (Phi) is 5.76. The van der Waals surface area contributed by atoms with Crippen LogP contribution < -0.4 is 15.5 Å². The molecule has 3 rings (SSSR count). The number of thiazole rings is 1. The lowest BCUT2D eigenvalue weighted by Crippen LogP contribution is -2.41. The van der Waals surface area contributed by atoms with E-state index in [4.69, 9.17) is 0 Å². The minimum absolute atomic E-state index is 0.0248. The van der Waals surface area contributed by atoms with E-state index in [1.807, 2.05) is 37.4 Å². The van der Waals surface area contributed by atoms with Gasteiger partial charge in [-0.25, -0.2) is 14.4 Å². The van der Waals surface area contributed by atoms with Gasteiger partial charge in [-0.2, -0.15) is 0 Å². The summed E-state index contributed by atoms with van der Waals surface area (Å²) in [6.45, 7) is 4.12. The molecule has 0 radical (unpaired) electrons. The Balaban J connectivity index is 1.63. The smallest absolute Gasteiger partial charge is 0.191 e. The van der Waals surface area contributed by atoms with Crippen molar-refractivity contribution in [2.75, 3.05) is 32.1 Å². The van der Waals surface area contributed by atoms with E-state index >= 15 is 0 Å². The SMILES string of the molecule is CCNC(=NCc1csc(N(C)C)n1)NCC1(c2cccc(F)c2)CC1. The molecule has 0 saturated heterocycles. The Hall–Kier alpha value is -2.15. The maximum absolute atomic E-state index is 13.5. The van der Waals surface area contributed by atoms with E-state index in [9.17, 15) is 4.39 Å². The summed E-state index contributed by atoms with van der Waals surface area (Å²) in [4.78, 5) is 11.2. The third-order valence-corrected chi connectivity index (χ3v) is 5.61. The fourth-order valence-electron chi connectivity index (χ4n) is 2.87. The molecule has 1 heterocycles. The Morgan fingerprint density at radius 2 is 2.15 bits per heavy atom. The van der Waals surface area contributed by atoms with Gasteiger partial charge >= 0.3 is 0 Å². The molecule has 1 aliphatic carbocycles. The summed E-state index contributed by atoms with van der Waals surface area (Å²) in [6.07, 6.45) is 2.14. The van der Waals surface area contributed by atoms with Gasteiger partial charge in [-0.3, -0.25) is 0 Å². The van der Waals surface area contributed by atoms with Crippen molar-refractivity contribution in [1.82, 2.24) is 15.6 Å². The summed E-state index contributed by atoms with van der Waals surface area (Å²) >= 11 is 1.62. The summed E-state index contributed by atoms with van der Waals surface area (Å²) in [5, 5.41) is 9.72. The molecular weight excluding hydrogens is 349 g/mol. The standard InChI is InChI=1S/C19H26FN5S/c1-4-21-17(22-11-16-12-26-18(24-16)25(2)3)23-13-19(8-9-19)14-6-5-7-15(20)10-14/h5-7,10,12H,4,8-9,11,13H2,1-3H3,(H2,21,22,23). The number of anilines is 1. The zero-order valence-corrected chi connectivity index (χ0v) is 16.4. The van der Waals surface area contributed by atoms with E-state index in [2.05, 4.69) is 20.6 Å². The Morgan fingerprint density at radius 3 is 2.77 bits per heavy atom. The number of halogens is 1. The molecule has 2 N–H and O–H groups in total. The number of benzene rings is 1. The van der Waals surface area contributed by atoms with Crippen LogP contribution >= 0.6 is 11.3 Å². The Labute approximate surface area is 158 Å². The molecule has 1 aliphatic rings. The van der Waals surface area contributed by atoms with Gasteiger partial charge in [0.2, 0.25) is 0 Å². The molecule has 0 bridgehead atoms. The number of nitrogens with zero attached hydrogens (tertiary/aromatic N) is 3. The molecule has 140 valence electrons. The van der Waals surface area contributed by atoms with Gasteiger partial charge in [0.05, 0.1) is 12.2 Å². The first-order chi connectivity index (χ1) is 12.5. The molecule has 26 heavy (non-hydrogen) atoms. The van der Waals surface area contributed by atoms with E-state index < -0.39 is 0 Å². The molecule has 0 spiro atoms. The maximum Gasteiger partial charge on any atom is 0.191 e. The monoisotopic (exact) mass is 375 g/mol. The molecule has 0 amide bonds. The van der Waals surface area contributed by atoms with Gasteiger partial charge in [0.1, 0.15) is 5.82 Å². The second-order valence-electron chi connectivity index (χ2n) is 6.86. The van der Waals surface area contributed by atoms with Gasteiger partial charge < -0.3 is 15.5 Å². The number of hydrogen-bond donors (Lipinski definition) is 2. The summed E-state index contributed by atoms with van der Waals surface area (Å²) in [5.74, 6) is 0.601. The lowest BCUT2D eigenvalue weighted by Gasteiger charge is -2.19. The van der Waals surface area contributed by atoms with Gasteiger partial charge in [0, 0.05) is 38.0 Å². The predicted molar refractivity (Wildman–Crippen MR) is 107 cm³/mol. The van der Waals surface area contributed by atoms with Crippen molar-refractivity contribution >= 4 is 22.4 Å². The van der Waals surface area contributed by atoms with Gasteiger partial charge in [-0.15, -0.1) is 11.3 Å². The molecule has 2 aromatic rings. The van der Waals surface area contributed by atoms with Crippen LogP contribution in [0.4, 0.5) is 9.52 Å². The van der Waals surface area contributed by atoms with Crippen molar-refractivity contribution in [3.8, 4) is 0 Å². The van der Waals surface area contributed by atoms with Gasteiger partial charge in [0.25, 0.3) is 0 Å². The van der Waals surface area contributed by atoms with E-state index in [-0.39, 0.29) is 11.2 Å². The number of guanidine groups is 1. The van der Waals surface area contributed by atoms with Crippen LogP contribution in [0.5, 0.6) is 0 Å². The minimum atomic E-state index is -0.172. The lowest BCUT2D eigenvalue weighted by atomic mass is 9.96. The predicted octanol–water partition coefficient (Wildman–Crippen LogP) is 3.14. The van der Waals surface area contributed by atoms with Crippen LogP contribution in [0.15, 0.2) is 34.6 Å².